The molecule has 0 radical (unpaired) electrons. The molecule has 0 aliphatic carbocycles. The topological polar surface area (TPSA) is 97.4 Å². The van der Waals surface area contributed by atoms with E-state index in [-0.39, 0.29) is 24.9 Å². The summed E-state index contributed by atoms with van der Waals surface area (Å²) < 4.78 is 9.82. The molecule has 1 atom stereocenters. The van der Waals surface area contributed by atoms with E-state index in [4.69, 9.17) is 4.74 Å². The number of aromatic nitrogens is 3. The number of carbonyl (C=O) groups is 2. The Morgan fingerprint density at radius 3 is 2.94 bits per heavy atom. The fraction of sp³-hybridized carbons (Fsp3) is 0.600. The predicted octanol–water partition coefficient (Wildman–Crippen LogP) is -0.873. The van der Waals surface area contributed by atoms with Gasteiger partial charge in [0.15, 0.2) is 6.10 Å². The molecule has 1 aliphatic rings. The fourth-order valence-electron chi connectivity index (χ4n) is 1.69. The van der Waals surface area contributed by atoms with Crippen molar-refractivity contribution < 1.29 is 19.1 Å². The zero-order valence-electron chi connectivity index (χ0n) is 10.2. The molecule has 98 valence electrons. The minimum Gasteiger partial charge on any atom is -0.467 e. The van der Waals surface area contributed by atoms with E-state index in [2.05, 4.69) is 19.9 Å². The molecule has 1 amide bonds. The van der Waals surface area contributed by atoms with E-state index < -0.39 is 12.1 Å². The van der Waals surface area contributed by atoms with Crippen LogP contribution in [-0.4, -0.2) is 64.9 Å². The summed E-state index contributed by atoms with van der Waals surface area (Å²) in [5.74, 6) is -0.149. The number of aromatic amines is 1. The quantitative estimate of drug-likeness (QED) is 0.689. The van der Waals surface area contributed by atoms with Crippen LogP contribution in [0.4, 0.5) is 0 Å². The summed E-state index contributed by atoms with van der Waals surface area (Å²) in [7, 11) is 1.28. The van der Waals surface area contributed by atoms with Gasteiger partial charge in [-0.2, -0.15) is 0 Å². The van der Waals surface area contributed by atoms with E-state index in [1.165, 1.54) is 12.0 Å². The Bertz CT molecular complexity index is 458. The van der Waals surface area contributed by atoms with E-state index in [1.807, 2.05) is 0 Å². The molecule has 1 aromatic rings. The van der Waals surface area contributed by atoms with Crippen LogP contribution in [0.5, 0.6) is 0 Å². The van der Waals surface area contributed by atoms with Crippen molar-refractivity contribution in [2.24, 2.45) is 0 Å². The average Bonchev–Trinajstić information content (AvgIpc) is 2.83. The third kappa shape index (κ3) is 2.48. The van der Waals surface area contributed by atoms with Crippen molar-refractivity contribution in [1.29, 1.82) is 0 Å². The van der Waals surface area contributed by atoms with E-state index >= 15 is 0 Å². The maximum atomic E-state index is 12.0. The van der Waals surface area contributed by atoms with E-state index in [1.54, 1.807) is 6.92 Å². The summed E-state index contributed by atoms with van der Waals surface area (Å²) in [4.78, 5) is 28.8. The van der Waals surface area contributed by atoms with Gasteiger partial charge >= 0.3 is 5.97 Å². The number of H-pyrrole nitrogens is 1. The highest BCUT2D eigenvalue weighted by atomic mass is 16.6. The normalized spacial score (nSPS) is 19.7. The zero-order valence-corrected chi connectivity index (χ0v) is 10.2. The van der Waals surface area contributed by atoms with Gasteiger partial charge in [0, 0.05) is 6.54 Å². The van der Waals surface area contributed by atoms with Crippen molar-refractivity contribution in [1.82, 2.24) is 20.1 Å². The predicted molar refractivity (Wildman–Crippen MR) is 58.8 cm³/mol. The number of amides is 1. The number of carbonyl (C=O) groups excluding carboxylic acids is 2. The van der Waals surface area contributed by atoms with Crippen molar-refractivity contribution >= 4 is 11.9 Å². The van der Waals surface area contributed by atoms with Crippen molar-refractivity contribution in [3.63, 3.8) is 0 Å². The summed E-state index contributed by atoms with van der Waals surface area (Å²) >= 11 is 0. The lowest BCUT2D eigenvalue weighted by Gasteiger charge is -2.30. The highest BCUT2D eigenvalue weighted by Gasteiger charge is 2.31. The number of ether oxygens (including phenoxy) is 2. The Balaban J connectivity index is 2.05. The molecule has 0 saturated carbocycles. The number of nitrogens with one attached hydrogen (secondary N) is 1. The van der Waals surface area contributed by atoms with E-state index in [9.17, 15) is 9.59 Å². The third-order valence-electron chi connectivity index (χ3n) is 2.61. The van der Waals surface area contributed by atoms with Gasteiger partial charge in [-0.25, -0.2) is 9.78 Å². The molecular weight excluding hydrogens is 240 g/mol. The largest absolute Gasteiger partial charge is 0.467 e. The molecular formula is C10H14N4O4. The van der Waals surface area contributed by atoms with E-state index in [0.717, 1.165) is 0 Å². The van der Waals surface area contributed by atoms with Crippen LogP contribution in [0.15, 0.2) is 0 Å². The third-order valence-corrected chi connectivity index (χ3v) is 2.61. The number of aryl methyl sites for hydroxylation is 1. The van der Waals surface area contributed by atoms with Crippen molar-refractivity contribution in [3.8, 4) is 0 Å². The molecule has 18 heavy (non-hydrogen) atoms. The standard InChI is InChI=1S/C10H14N4O4/c1-6-11-8(13-12-6)9(15)14-3-4-18-7(5-14)10(16)17-2/h7H,3-5H2,1-2H3,(H,11,12,13). The number of nitrogens with zero attached hydrogens (tertiary/aromatic N) is 3. The highest BCUT2D eigenvalue weighted by molar-refractivity contribution is 5.91. The second kappa shape index (κ2) is 5.13. The van der Waals surface area contributed by atoms with Crippen LogP contribution in [0.1, 0.15) is 16.4 Å². The van der Waals surface area contributed by atoms with Crippen LogP contribution >= 0.6 is 0 Å². The molecule has 1 saturated heterocycles. The number of methoxy groups -OCH3 is 1. The zero-order chi connectivity index (χ0) is 13.1. The van der Waals surface area contributed by atoms with Gasteiger partial charge in [-0.3, -0.25) is 9.89 Å². The Morgan fingerprint density at radius 1 is 1.56 bits per heavy atom. The molecule has 8 heteroatoms. The first-order valence-corrected chi connectivity index (χ1v) is 5.49. The Hall–Kier alpha value is -1.96. The van der Waals surface area contributed by atoms with Gasteiger partial charge in [0.25, 0.3) is 5.91 Å². The Kier molecular flexibility index (Phi) is 3.56. The molecule has 1 unspecified atom stereocenters. The minimum absolute atomic E-state index is 0.0954. The summed E-state index contributed by atoms with van der Waals surface area (Å²) in [5, 5.41) is 6.40. The van der Waals surface area contributed by atoms with Gasteiger partial charge in [0.1, 0.15) is 5.82 Å². The molecule has 0 aromatic carbocycles. The van der Waals surface area contributed by atoms with Gasteiger partial charge in [-0.1, -0.05) is 0 Å². The maximum Gasteiger partial charge on any atom is 0.336 e. The number of hydrogen-bond donors (Lipinski definition) is 1. The van der Waals surface area contributed by atoms with Crippen LogP contribution in [0, 0.1) is 6.92 Å². The summed E-state index contributed by atoms with van der Waals surface area (Å²) in [6.45, 7) is 2.55. The minimum atomic E-state index is -0.743. The maximum absolute atomic E-state index is 12.0. The monoisotopic (exact) mass is 254 g/mol. The summed E-state index contributed by atoms with van der Waals surface area (Å²) in [5.41, 5.74) is 0. The Labute approximate surface area is 103 Å². The molecule has 1 fully saturated rings. The van der Waals surface area contributed by atoms with E-state index in [0.29, 0.717) is 12.4 Å². The summed E-state index contributed by atoms with van der Waals surface area (Å²) in [6, 6.07) is 0. The number of rotatable bonds is 2. The lowest BCUT2D eigenvalue weighted by atomic mass is 10.2. The lowest BCUT2D eigenvalue weighted by Crippen LogP contribution is -2.49. The first-order valence-electron chi connectivity index (χ1n) is 5.49. The van der Waals surface area contributed by atoms with Gasteiger partial charge in [-0.05, 0) is 6.92 Å². The van der Waals surface area contributed by atoms with Gasteiger partial charge in [0.2, 0.25) is 5.82 Å². The molecule has 0 bridgehead atoms. The number of hydrogen-bond acceptors (Lipinski definition) is 6. The van der Waals surface area contributed by atoms with Crippen LogP contribution < -0.4 is 0 Å². The molecule has 1 aliphatic heterocycles. The molecule has 8 nitrogen and oxygen atoms in total. The van der Waals surface area contributed by atoms with Crippen molar-refractivity contribution in [2.75, 3.05) is 26.8 Å². The first-order chi connectivity index (χ1) is 8.61. The Morgan fingerprint density at radius 2 is 2.33 bits per heavy atom. The smallest absolute Gasteiger partial charge is 0.336 e. The SMILES string of the molecule is COC(=O)C1CN(C(=O)c2n[nH]c(C)n2)CCO1. The van der Waals surface area contributed by atoms with Crippen LogP contribution in [0.25, 0.3) is 0 Å². The lowest BCUT2D eigenvalue weighted by molar-refractivity contribution is -0.158. The highest BCUT2D eigenvalue weighted by Crippen LogP contribution is 2.09. The van der Waals surface area contributed by atoms with Crippen molar-refractivity contribution in [2.45, 2.75) is 13.0 Å². The van der Waals surface area contributed by atoms with Gasteiger partial charge in [-0.15, -0.1) is 5.10 Å². The van der Waals surface area contributed by atoms with Gasteiger partial charge < -0.3 is 14.4 Å². The molecule has 1 aromatic heterocycles. The second-order valence-electron chi connectivity index (χ2n) is 3.88. The van der Waals surface area contributed by atoms with Crippen LogP contribution in [-0.2, 0) is 14.3 Å². The van der Waals surface area contributed by atoms with Crippen molar-refractivity contribution in [3.05, 3.63) is 11.6 Å². The average molecular weight is 254 g/mol. The fourth-order valence-corrected chi connectivity index (χ4v) is 1.69. The van der Waals surface area contributed by atoms with Crippen LogP contribution in [0.2, 0.25) is 0 Å². The second-order valence-corrected chi connectivity index (χ2v) is 3.88. The first kappa shape index (κ1) is 12.5. The van der Waals surface area contributed by atoms with Crippen LogP contribution in [0.3, 0.4) is 0 Å². The molecule has 2 rings (SSSR count). The summed E-state index contributed by atoms with van der Waals surface area (Å²) in [6.07, 6.45) is -0.743. The molecule has 0 spiro atoms. The number of esters is 1. The molecule has 2 heterocycles. The molecule has 1 N–H and O–H groups in total. The van der Waals surface area contributed by atoms with Gasteiger partial charge in [0.05, 0.1) is 20.3 Å². The number of morpholine rings is 1.